The Balaban J connectivity index is 1.23. The Morgan fingerprint density at radius 1 is 1.11 bits per heavy atom. The van der Waals surface area contributed by atoms with Crippen molar-refractivity contribution in [1.82, 2.24) is 19.3 Å². The van der Waals surface area contributed by atoms with Crippen LogP contribution in [0.5, 0.6) is 0 Å². The smallest absolute Gasteiger partial charge is 0.203 e. The van der Waals surface area contributed by atoms with Crippen molar-refractivity contribution in [2.24, 2.45) is 0 Å². The summed E-state index contributed by atoms with van der Waals surface area (Å²) in [5, 5.41) is 6.31. The maximum atomic E-state index is 5.85. The molecule has 0 spiro atoms. The van der Waals surface area contributed by atoms with Crippen LogP contribution in [0, 0.1) is 4.77 Å². The van der Waals surface area contributed by atoms with Gasteiger partial charge in [-0.2, -0.15) is 9.78 Å². The van der Waals surface area contributed by atoms with Gasteiger partial charge in [-0.3, -0.25) is 0 Å². The summed E-state index contributed by atoms with van der Waals surface area (Å²) in [6, 6.07) is 9.14. The van der Waals surface area contributed by atoms with Crippen LogP contribution in [0.4, 0.5) is 0 Å². The summed E-state index contributed by atoms with van der Waals surface area (Å²) in [7, 11) is 0. The number of hydrogen-bond acceptors (Lipinski definition) is 4. The predicted octanol–water partition coefficient (Wildman–Crippen LogP) is 3.66. The topological polar surface area (TPSA) is 40.1 Å². The first-order chi connectivity index (χ1) is 13.8. The molecule has 3 fully saturated rings. The molecule has 1 N–H and O–H groups in total. The number of benzene rings is 1. The summed E-state index contributed by atoms with van der Waals surface area (Å²) in [4.78, 5) is 6.53. The number of nitrogens with one attached hydrogen (secondary N) is 1. The molecule has 2 saturated carbocycles. The van der Waals surface area contributed by atoms with Gasteiger partial charge in [-0.15, -0.1) is 11.3 Å². The van der Waals surface area contributed by atoms with Crippen molar-refractivity contribution in [1.29, 1.82) is 0 Å². The number of nitrogens with zero attached hydrogens (tertiary/aromatic N) is 4. The zero-order valence-electron chi connectivity index (χ0n) is 16.0. The van der Waals surface area contributed by atoms with E-state index in [9.17, 15) is 0 Å². The molecule has 1 aromatic carbocycles. The zero-order valence-corrected chi connectivity index (χ0v) is 17.6. The van der Waals surface area contributed by atoms with E-state index in [1.165, 1.54) is 60.6 Å². The van der Waals surface area contributed by atoms with E-state index in [-0.39, 0.29) is 0 Å². The van der Waals surface area contributed by atoms with E-state index in [0.717, 1.165) is 23.5 Å². The lowest BCUT2D eigenvalue weighted by atomic mass is 9.99. The first-order valence-corrected chi connectivity index (χ1v) is 11.9. The van der Waals surface area contributed by atoms with Gasteiger partial charge in [0.1, 0.15) is 10.8 Å². The number of para-hydroxylation sites is 1. The molecule has 1 aliphatic heterocycles. The minimum atomic E-state index is 0.559. The number of thiazole rings is 1. The highest BCUT2D eigenvalue weighted by molar-refractivity contribution is 7.71. The first kappa shape index (κ1) is 17.3. The van der Waals surface area contributed by atoms with E-state index >= 15 is 0 Å². The van der Waals surface area contributed by atoms with Crippen molar-refractivity contribution in [2.45, 2.75) is 63.1 Å². The molecule has 3 aromatic rings. The molecule has 146 valence electrons. The van der Waals surface area contributed by atoms with Gasteiger partial charge in [0.2, 0.25) is 4.77 Å². The molecule has 0 bridgehead atoms. The lowest BCUT2D eigenvalue weighted by Gasteiger charge is -2.28. The number of quaternary nitrogens is 1. The molecular formula is C21H26N5S2+. The average Bonchev–Trinajstić information content (AvgIpc) is 3.64. The molecule has 7 heteroatoms. The standard InChI is InChI=1S/C21H25N5S2/c27-21-25(23-19(14-7-8-14)26(21)16-9-10-16)13-24-11-3-4-15(12-24)20-22-17-5-1-2-6-18(17)28-20/h1-2,5-6,14-16H,3-4,7-13H2/p+1/t15-/m1/s1. The van der Waals surface area contributed by atoms with Crippen LogP contribution in [0.3, 0.4) is 0 Å². The zero-order chi connectivity index (χ0) is 18.7. The van der Waals surface area contributed by atoms with Crippen molar-refractivity contribution < 1.29 is 4.90 Å². The third kappa shape index (κ3) is 3.13. The first-order valence-electron chi connectivity index (χ1n) is 10.6. The Labute approximate surface area is 174 Å². The van der Waals surface area contributed by atoms with Crippen LogP contribution in [0.15, 0.2) is 24.3 Å². The van der Waals surface area contributed by atoms with E-state index < -0.39 is 0 Å². The molecule has 2 aromatic heterocycles. The summed E-state index contributed by atoms with van der Waals surface area (Å²) in [6.45, 7) is 3.24. The van der Waals surface area contributed by atoms with Crippen LogP contribution in [0.25, 0.3) is 10.2 Å². The number of likely N-dealkylation sites (tertiary alicyclic amines) is 1. The summed E-state index contributed by atoms with van der Waals surface area (Å²) in [5.74, 6) is 2.49. The Bertz CT molecular complexity index is 1040. The Hall–Kier alpha value is -1.57. The molecule has 2 aliphatic carbocycles. The van der Waals surface area contributed by atoms with Crippen LogP contribution >= 0.6 is 23.6 Å². The summed E-state index contributed by atoms with van der Waals surface area (Å²) >= 11 is 7.73. The third-order valence-corrected chi connectivity index (χ3v) is 8.01. The number of fused-ring (bicyclic) bond motifs is 1. The van der Waals surface area contributed by atoms with Crippen LogP contribution in [0.2, 0.25) is 0 Å². The molecule has 1 saturated heterocycles. The Morgan fingerprint density at radius 3 is 2.75 bits per heavy atom. The number of rotatable bonds is 5. The van der Waals surface area contributed by atoms with E-state index in [1.807, 2.05) is 11.3 Å². The second-order valence-electron chi connectivity index (χ2n) is 8.74. The highest BCUT2D eigenvalue weighted by Crippen LogP contribution is 2.44. The van der Waals surface area contributed by atoms with Crippen LogP contribution < -0.4 is 4.90 Å². The molecule has 3 heterocycles. The van der Waals surface area contributed by atoms with Crippen molar-refractivity contribution in [3.63, 3.8) is 0 Å². The van der Waals surface area contributed by atoms with Gasteiger partial charge in [-0.25, -0.2) is 4.98 Å². The lowest BCUT2D eigenvalue weighted by molar-refractivity contribution is -0.929. The van der Waals surface area contributed by atoms with E-state index in [4.69, 9.17) is 22.3 Å². The van der Waals surface area contributed by atoms with E-state index in [1.54, 1.807) is 4.90 Å². The minimum absolute atomic E-state index is 0.559. The molecule has 1 unspecified atom stereocenters. The number of hydrogen-bond donors (Lipinski definition) is 1. The molecule has 0 amide bonds. The second-order valence-corrected chi connectivity index (χ2v) is 10.2. The van der Waals surface area contributed by atoms with E-state index in [2.05, 4.69) is 33.5 Å². The van der Waals surface area contributed by atoms with E-state index in [0.29, 0.717) is 17.9 Å². The molecule has 3 aliphatic rings. The largest absolute Gasteiger partial charge is 0.316 e. The minimum Gasteiger partial charge on any atom is -0.316 e. The summed E-state index contributed by atoms with van der Waals surface area (Å²) in [6.07, 6.45) is 7.62. The fourth-order valence-corrected chi connectivity index (χ4v) is 6.07. The Kier molecular flexibility index (Phi) is 4.17. The second kappa shape index (κ2) is 6.75. The van der Waals surface area contributed by atoms with Crippen LogP contribution in [0.1, 0.15) is 67.2 Å². The maximum absolute atomic E-state index is 5.85. The highest BCUT2D eigenvalue weighted by Gasteiger charge is 2.36. The average molecular weight is 413 g/mol. The van der Waals surface area contributed by atoms with Crippen molar-refractivity contribution in [3.05, 3.63) is 39.9 Å². The van der Waals surface area contributed by atoms with Gasteiger partial charge in [0.05, 0.1) is 29.2 Å². The normalized spacial score (nSPS) is 25.4. The third-order valence-electron chi connectivity index (χ3n) is 6.40. The van der Waals surface area contributed by atoms with Crippen LogP contribution in [-0.4, -0.2) is 32.4 Å². The van der Waals surface area contributed by atoms with Crippen LogP contribution in [-0.2, 0) is 6.67 Å². The molecular weight excluding hydrogens is 386 g/mol. The predicted molar refractivity (Wildman–Crippen MR) is 114 cm³/mol. The van der Waals surface area contributed by atoms with Crippen molar-refractivity contribution in [2.75, 3.05) is 13.1 Å². The van der Waals surface area contributed by atoms with Gasteiger partial charge >= 0.3 is 0 Å². The quantitative estimate of drug-likeness (QED) is 0.650. The summed E-state index contributed by atoms with van der Waals surface area (Å²) in [5.41, 5.74) is 1.15. The van der Waals surface area contributed by atoms with Gasteiger partial charge < -0.3 is 9.47 Å². The SMILES string of the molecule is S=c1n(C[NH+]2CCC[C@@H](c3nc4ccccc4s3)C2)nc(C2CC2)n1C1CC1. The highest BCUT2D eigenvalue weighted by atomic mass is 32.1. The maximum Gasteiger partial charge on any atom is 0.203 e. The van der Waals surface area contributed by atoms with Crippen molar-refractivity contribution in [3.8, 4) is 0 Å². The fraction of sp³-hybridized carbons (Fsp3) is 0.571. The molecule has 28 heavy (non-hydrogen) atoms. The van der Waals surface area contributed by atoms with Gasteiger partial charge in [0, 0.05) is 12.0 Å². The van der Waals surface area contributed by atoms with Crippen molar-refractivity contribution >= 4 is 33.8 Å². The molecule has 0 radical (unpaired) electrons. The summed E-state index contributed by atoms with van der Waals surface area (Å²) < 4.78 is 6.79. The Morgan fingerprint density at radius 2 is 1.96 bits per heavy atom. The fourth-order valence-electron chi connectivity index (χ4n) is 4.62. The molecule has 5 nitrogen and oxygen atoms in total. The van der Waals surface area contributed by atoms with Gasteiger partial charge in [-0.05, 0) is 62.9 Å². The number of piperidine rings is 1. The molecule has 6 rings (SSSR count). The van der Waals surface area contributed by atoms with Gasteiger partial charge in [0.15, 0.2) is 6.67 Å². The lowest BCUT2D eigenvalue weighted by Crippen LogP contribution is -3.12. The molecule has 2 atom stereocenters. The monoisotopic (exact) mass is 412 g/mol. The van der Waals surface area contributed by atoms with Gasteiger partial charge in [-0.1, -0.05) is 12.1 Å². The number of aromatic nitrogens is 4. The van der Waals surface area contributed by atoms with Gasteiger partial charge in [0.25, 0.3) is 0 Å².